The zero-order valence-corrected chi connectivity index (χ0v) is 19.9. The summed E-state index contributed by atoms with van der Waals surface area (Å²) >= 11 is 0. The second-order valence-electron chi connectivity index (χ2n) is 7.11. The number of hydrogen-bond donors (Lipinski definition) is 6. The minimum absolute atomic E-state index is 0.00553. The van der Waals surface area contributed by atoms with Gasteiger partial charge in [-0.05, 0) is 12.5 Å². The number of aliphatic hydroxyl groups excluding tert-OH is 1. The van der Waals surface area contributed by atoms with Crippen molar-refractivity contribution in [3.05, 3.63) is 24.7 Å². The first-order valence-corrected chi connectivity index (χ1v) is 13.8. The molecule has 0 saturated carbocycles. The lowest BCUT2D eigenvalue weighted by molar-refractivity contribution is -0.136. The van der Waals surface area contributed by atoms with Crippen LogP contribution < -0.4 is 5.73 Å². The number of hydrogen-bond acceptors (Lipinski definition) is 11. The van der Waals surface area contributed by atoms with Crippen LogP contribution >= 0.6 is 23.5 Å². The molecule has 0 aromatic heterocycles. The maximum Gasteiger partial charge on any atom is 0.490 e. The van der Waals surface area contributed by atoms with E-state index in [1.165, 1.54) is 12.3 Å². The molecule has 2 aliphatic rings. The van der Waals surface area contributed by atoms with Gasteiger partial charge in [0.2, 0.25) is 0 Å². The molecule has 190 valence electrons. The van der Waals surface area contributed by atoms with E-state index in [0.717, 1.165) is 4.90 Å². The average molecular weight is 539 g/mol. The lowest BCUT2D eigenvalue weighted by Crippen LogP contribution is -2.46. The summed E-state index contributed by atoms with van der Waals surface area (Å²) in [6, 6.07) is 0. The van der Waals surface area contributed by atoms with Crippen molar-refractivity contribution < 1.29 is 60.6 Å². The van der Waals surface area contributed by atoms with E-state index in [0.29, 0.717) is 12.8 Å². The molecule has 1 fully saturated rings. The van der Waals surface area contributed by atoms with Crippen LogP contribution in [0.4, 0.5) is 4.39 Å². The molecule has 0 aromatic carbocycles. The highest BCUT2D eigenvalue weighted by molar-refractivity contribution is 7.66. The Bertz CT molecular complexity index is 957. The third-order valence-corrected chi connectivity index (χ3v) is 8.33. The summed E-state index contributed by atoms with van der Waals surface area (Å²) in [6.45, 7) is 4.38. The van der Waals surface area contributed by atoms with E-state index in [1.54, 1.807) is 6.92 Å². The summed E-state index contributed by atoms with van der Waals surface area (Å²) in [5.74, 6) is 0.0872. The minimum Gasteiger partial charge on any atom is -0.387 e. The molecule has 1 saturated heterocycles. The first kappa shape index (κ1) is 28.2. The lowest BCUT2D eigenvalue weighted by atomic mass is 9.91. The summed E-state index contributed by atoms with van der Waals surface area (Å²) < 4.78 is 67.0. The van der Waals surface area contributed by atoms with Gasteiger partial charge in [0.15, 0.2) is 12.4 Å². The van der Waals surface area contributed by atoms with E-state index < -0.39 is 54.2 Å². The zero-order valence-electron chi connectivity index (χ0n) is 17.2. The highest BCUT2D eigenvalue weighted by Gasteiger charge is 2.58. The van der Waals surface area contributed by atoms with Gasteiger partial charge in [-0.15, -0.1) is 0 Å². The SMILES string of the molecule is C=C1N=C(N)C=CN1[C@@H]1O[C@](CCCC)(COP(=O)(O)OP(=O)(O)OP(=O)(O)O)[C@@H](O)[C@H]1F. The molecule has 7 N–H and O–H groups in total. The van der Waals surface area contributed by atoms with Gasteiger partial charge < -0.3 is 40.1 Å². The summed E-state index contributed by atoms with van der Waals surface area (Å²) in [5.41, 5.74) is 3.62. The quantitative estimate of drug-likeness (QED) is 0.201. The molecule has 0 radical (unpaired) electrons. The van der Waals surface area contributed by atoms with Gasteiger partial charge >= 0.3 is 23.5 Å². The fraction of sp³-hybridized carbons (Fsp3) is 0.643. The number of nitrogens with zero attached hydrogens (tertiary/aromatic N) is 2. The van der Waals surface area contributed by atoms with Crippen LogP contribution in [-0.4, -0.2) is 66.1 Å². The fourth-order valence-electron chi connectivity index (χ4n) is 3.12. The molecule has 33 heavy (non-hydrogen) atoms. The molecule has 2 heterocycles. The van der Waals surface area contributed by atoms with Gasteiger partial charge in [0.25, 0.3) is 0 Å². The lowest BCUT2D eigenvalue weighted by Gasteiger charge is -2.34. The van der Waals surface area contributed by atoms with Crippen molar-refractivity contribution in [2.45, 2.75) is 50.3 Å². The number of aliphatic hydroxyl groups is 1. The standard InChI is InChI=1S/C14H25FN3O12P3/c1-3-4-6-14(8-27-32(23,24)30-33(25,26)29-31(20,21)22)12(19)11(15)13(28-14)18-7-5-10(16)17-9(18)2/h5,7,11-13,19H,2-4,6,8H2,1H3,(H2,16,17)(H,23,24)(H,25,26)(H2,20,21,22)/t11-,12+,13-,14-/m1/s1. The summed E-state index contributed by atoms with van der Waals surface area (Å²) in [4.78, 5) is 41.2. The van der Waals surface area contributed by atoms with Crippen LogP contribution in [0.3, 0.4) is 0 Å². The number of ether oxygens (including phenoxy) is 1. The van der Waals surface area contributed by atoms with E-state index in [9.17, 15) is 28.6 Å². The van der Waals surface area contributed by atoms with E-state index in [4.69, 9.17) is 20.3 Å². The van der Waals surface area contributed by atoms with Crippen LogP contribution in [0.1, 0.15) is 26.2 Å². The normalized spacial score (nSPS) is 31.8. The third-order valence-electron chi connectivity index (χ3n) is 4.55. The van der Waals surface area contributed by atoms with E-state index >= 15 is 4.39 Å². The van der Waals surface area contributed by atoms with Crippen molar-refractivity contribution in [3.63, 3.8) is 0 Å². The summed E-state index contributed by atoms with van der Waals surface area (Å²) in [7, 11) is -16.8. The van der Waals surface area contributed by atoms with Gasteiger partial charge in [0.1, 0.15) is 23.4 Å². The van der Waals surface area contributed by atoms with Crippen molar-refractivity contribution in [2.24, 2.45) is 10.7 Å². The second-order valence-corrected chi connectivity index (χ2v) is 11.5. The van der Waals surface area contributed by atoms with Crippen molar-refractivity contribution >= 4 is 29.3 Å². The molecule has 2 unspecified atom stereocenters. The van der Waals surface area contributed by atoms with Crippen LogP contribution in [0.2, 0.25) is 0 Å². The Morgan fingerprint density at radius 3 is 2.45 bits per heavy atom. The maximum absolute atomic E-state index is 15.1. The Labute approximate surface area is 187 Å². The van der Waals surface area contributed by atoms with E-state index in [1.807, 2.05) is 0 Å². The Morgan fingerprint density at radius 1 is 1.27 bits per heavy atom. The monoisotopic (exact) mass is 539 g/mol. The molecule has 0 spiro atoms. The Hall–Kier alpha value is -0.990. The van der Waals surface area contributed by atoms with Crippen molar-refractivity contribution in [1.29, 1.82) is 0 Å². The van der Waals surface area contributed by atoms with Crippen LogP contribution in [-0.2, 0) is 31.6 Å². The first-order valence-electron chi connectivity index (χ1n) is 9.29. The fourth-order valence-corrected chi connectivity index (χ4v) is 6.19. The number of amidine groups is 1. The number of phosphoric acid groups is 3. The number of unbranched alkanes of at least 4 members (excludes halogenated alkanes) is 1. The van der Waals surface area contributed by atoms with E-state index in [-0.39, 0.29) is 18.1 Å². The van der Waals surface area contributed by atoms with Gasteiger partial charge in [0, 0.05) is 6.20 Å². The van der Waals surface area contributed by atoms with Crippen LogP contribution in [0.15, 0.2) is 29.7 Å². The molecule has 0 amide bonds. The second kappa shape index (κ2) is 10.3. The Balaban J connectivity index is 2.21. The molecule has 6 atom stereocenters. The number of nitrogens with two attached hydrogens (primary N) is 1. The number of aliphatic imine (C=N–C) groups is 1. The number of halogens is 1. The van der Waals surface area contributed by atoms with Crippen LogP contribution in [0, 0.1) is 0 Å². The molecule has 2 rings (SSSR count). The number of phosphoric ester groups is 1. The van der Waals surface area contributed by atoms with Crippen molar-refractivity contribution in [1.82, 2.24) is 4.90 Å². The minimum atomic E-state index is -5.75. The molecule has 19 heteroatoms. The smallest absolute Gasteiger partial charge is 0.387 e. The van der Waals surface area contributed by atoms with E-state index in [2.05, 4.69) is 24.7 Å². The molecule has 15 nitrogen and oxygen atoms in total. The molecule has 0 bridgehead atoms. The van der Waals surface area contributed by atoms with Crippen LogP contribution in [0.25, 0.3) is 0 Å². The zero-order chi connectivity index (χ0) is 25.2. The summed E-state index contributed by atoms with van der Waals surface area (Å²) in [6.07, 6.45) is -2.01. The molecule has 0 aromatic rings. The Kier molecular flexibility index (Phi) is 8.84. The van der Waals surface area contributed by atoms with Gasteiger partial charge in [-0.2, -0.15) is 8.62 Å². The number of rotatable bonds is 11. The van der Waals surface area contributed by atoms with Gasteiger partial charge in [0.05, 0.1) is 6.61 Å². The first-order chi connectivity index (χ1) is 15.0. The van der Waals surface area contributed by atoms with Crippen LogP contribution in [0.5, 0.6) is 0 Å². The predicted octanol–water partition coefficient (Wildman–Crippen LogP) is 0.972. The van der Waals surface area contributed by atoms with Crippen molar-refractivity contribution in [3.8, 4) is 0 Å². The Morgan fingerprint density at radius 2 is 1.91 bits per heavy atom. The number of alkyl halides is 1. The highest BCUT2D eigenvalue weighted by Crippen LogP contribution is 2.66. The topological polar surface area (TPSA) is 231 Å². The highest BCUT2D eigenvalue weighted by atomic mass is 31.3. The van der Waals surface area contributed by atoms with Gasteiger partial charge in [-0.1, -0.05) is 26.3 Å². The average Bonchev–Trinajstić information content (AvgIpc) is 2.88. The maximum atomic E-state index is 15.1. The van der Waals surface area contributed by atoms with Gasteiger partial charge in [-0.3, -0.25) is 4.52 Å². The van der Waals surface area contributed by atoms with Crippen molar-refractivity contribution in [2.75, 3.05) is 6.61 Å². The molecular weight excluding hydrogens is 514 g/mol. The largest absolute Gasteiger partial charge is 0.490 e. The third kappa shape index (κ3) is 7.49. The molecule has 0 aliphatic carbocycles. The predicted molar refractivity (Wildman–Crippen MR) is 110 cm³/mol. The summed E-state index contributed by atoms with van der Waals surface area (Å²) in [5, 5.41) is 10.6. The van der Waals surface area contributed by atoms with Gasteiger partial charge in [-0.25, -0.2) is 23.1 Å². The molecular formula is C14H25FN3O12P3. The molecule has 2 aliphatic heterocycles.